The zero-order valence-electron chi connectivity index (χ0n) is 11.6. The molecular formula is C14H17N5O2. The number of nitrogen functional groups attached to an aromatic ring is 1. The number of nitrogens with two attached hydrogens (primary N) is 1. The van der Waals surface area contributed by atoms with Gasteiger partial charge in [0.05, 0.1) is 4.92 Å². The molecule has 1 aliphatic carbocycles. The average Bonchev–Trinajstić information content (AvgIpc) is 2.97. The molecular weight excluding hydrogens is 270 g/mol. The summed E-state index contributed by atoms with van der Waals surface area (Å²) in [5.41, 5.74) is 7.04. The minimum Gasteiger partial charge on any atom is -0.398 e. The number of benzene rings is 1. The van der Waals surface area contributed by atoms with Crippen LogP contribution in [0.2, 0.25) is 0 Å². The van der Waals surface area contributed by atoms with Gasteiger partial charge in [0.1, 0.15) is 6.33 Å². The Kier molecular flexibility index (Phi) is 3.55. The Morgan fingerprint density at radius 2 is 2.05 bits per heavy atom. The van der Waals surface area contributed by atoms with Gasteiger partial charge >= 0.3 is 0 Å². The van der Waals surface area contributed by atoms with Gasteiger partial charge in [-0.2, -0.15) is 0 Å². The summed E-state index contributed by atoms with van der Waals surface area (Å²) in [5, 5.41) is 19.1. The van der Waals surface area contributed by atoms with Crippen LogP contribution < -0.4 is 5.73 Å². The van der Waals surface area contributed by atoms with Gasteiger partial charge in [0.25, 0.3) is 5.69 Å². The van der Waals surface area contributed by atoms with E-state index in [0.29, 0.717) is 23.1 Å². The molecule has 0 spiro atoms. The summed E-state index contributed by atoms with van der Waals surface area (Å²) in [4.78, 5) is 10.5. The van der Waals surface area contributed by atoms with Crippen molar-refractivity contribution in [2.75, 3.05) is 5.73 Å². The Hall–Kier alpha value is -2.44. The molecule has 2 aromatic rings. The van der Waals surface area contributed by atoms with Crippen molar-refractivity contribution in [2.24, 2.45) is 0 Å². The molecule has 0 unspecified atom stereocenters. The van der Waals surface area contributed by atoms with Gasteiger partial charge in [-0.05, 0) is 18.9 Å². The van der Waals surface area contributed by atoms with E-state index in [1.807, 2.05) is 4.57 Å². The van der Waals surface area contributed by atoms with E-state index in [2.05, 4.69) is 10.2 Å². The molecule has 2 N–H and O–H groups in total. The van der Waals surface area contributed by atoms with Crippen LogP contribution in [-0.4, -0.2) is 19.7 Å². The summed E-state index contributed by atoms with van der Waals surface area (Å²) in [6.45, 7) is 0. The van der Waals surface area contributed by atoms with E-state index in [-0.39, 0.29) is 5.69 Å². The van der Waals surface area contributed by atoms with E-state index in [4.69, 9.17) is 5.73 Å². The van der Waals surface area contributed by atoms with E-state index in [1.165, 1.54) is 31.4 Å². The van der Waals surface area contributed by atoms with Crippen LogP contribution in [0, 0.1) is 10.1 Å². The molecule has 0 saturated heterocycles. The zero-order chi connectivity index (χ0) is 14.8. The lowest BCUT2D eigenvalue weighted by Crippen LogP contribution is -2.13. The topological polar surface area (TPSA) is 99.9 Å². The van der Waals surface area contributed by atoms with E-state index in [0.717, 1.165) is 12.8 Å². The van der Waals surface area contributed by atoms with Gasteiger partial charge in [0.15, 0.2) is 5.82 Å². The Balaban J connectivity index is 2.03. The number of nitro groups is 1. The summed E-state index contributed by atoms with van der Waals surface area (Å²) in [6, 6.07) is 4.77. The van der Waals surface area contributed by atoms with Gasteiger partial charge in [-0.25, -0.2) is 0 Å². The Labute approximate surface area is 121 Å². The highest BCUT2D eigenvalue weighted by Gasteiger charge is 2.21. The van der Waals surface area contributed by atoms with E-state index in [1.54, 1.807) is 12.4 Å². The SMILES string of the molecule is Nc1ccc([N+](=O)[O-])cc1-c1nncn1C1CCCCC1. The molecule has 3 rings (SSSR count). The maximum Gasteiger partial charge on any atom is 0.270 e. The molecule has 1 saturated carbocycles. The number of nitrogens with zero attached hydrogens (tertiary/aromatic N) is 4. The van der Waals surface area contributed by atoms with Gasteiger partial charge in [0, 0.05) is 29.4 Å². The highest BCUT2D eigenvalue weighted by Crippen LogP contribution is 2.34. The first-order valence-electron chi connectivity index (χ1n) is 7.10. The van der Waals surface area contributed by atoms with Crippen LogP contribution >= 0.6 is 0 Å². The van der Waals surface area contributed by atoms with Crippen LogP contribution in [0.4, 0.5) is 11.4 Å². The fraction of sp³-hybridized carbons (Fsp3) is 0.429. The molecule has 7 heteroatoms. The maximum atomic E-state index is 10.9. The molecule has 0 aliphatic heterocycles. The largest absolute Gasteiger partial charge is 0.398 e. The molecule has 21 heavy (non-hydrogen) atoms. The van der Waals surface area contributed by atoms with Crippen LogP contribution in [0.1, 0.15) is 38.1 Å². The first kappa shape index (κ1) is 13.5. The smallest absolute Gasteiger partial charge is 0.270 e. The van der Waals surface area contributed by atoms with Crippen molar-refractivity contribution < 1.29 is 4.92 Å². The van der Waals surface area contributed by atoms with E-state index in [9.17, 15) is 10.1 Å². The van der Waals surface area contributed by atoms with Gasteiger partial charge in [-0.1, -0.05) is 19.3 Å². The molecule has 0 bridgehead atoms. The summed E-state index contributed by atoms with van der Waals surface area (Å²) in [5.74, 6) is 0.614. The lowest BCUT2D eigenvalue weighted by atomic mass is 9.95. The Morgan fingerprint density at radius 1 is 1.29 bits per heavy atom. The minimum atomic E-state index is -0.426. The maximum absolute atomic E-state index is 10.9. The zero-order valence-corrected chi connectivity index (χ0v) is 11.6. The van der Waals surface area contributed by atoms with Crippen LogP contribution in [0.5, 0.6) is 0 Å². The third kappa shape index (κ3) is 2.58. The number of rotatable bonds is 3. The second kappa shape index (κ2) is 5.51. The number of nitro benzene ring substituents is 1. The summed E-state index contributed by atoms with van der Waals surface area (Å²) in [7, 11) is 0. The number of anilines is 1. The van der Waals surface area contributed by atoms with Gasteiger partial charge in [-0.15, -0.1) is 10.2 Å². The lowest BCUT2D eigenvalue weighted by molar-refractivity contribution is -0.384. The Bertz CT molecular complexity index is 661. The van der Waals surface area contributed by atoms with E-state index < -0.39 is 4.92 Å². The third-order valence-electron chi connectivity index (χ3n) is 4.03. The molecule has 1 aliphatic rings. The molecule has 1 aromatic heterocycles. The molecule has 0 amide bonds. The van der Waals surface area contributed by atoms with Gasteiger partial charge in [0.2, 0.25) is 0 Å². The van der Waals surface area contributed by atoms with Crippen LogP contribution in [-0.2, 0) is 0 Å². The van der Waals surface area contributed by atoms with Crippen molar-refractivity contribution >= 4 is 11.4 Å². The number of non-ortho nitro benzene ring substituents is 1. The predicted octanol–water partition coefficient (Wildman–Crippen LogP) is 2.94. The van der Waals surface area contributed by atoms with Gasteiger partial charge in [-0.3, -0.25) is 10.1 Å². The number of aromatic nitrogens is 3. The van der Waals surface area contributed by atoms with Crippen LogP contribution in [0.3, 0.4) is 0 Å². The summed E-state index contributed by atoms with van der Waals surface area (Å²) in [6.07, 6.45) is 7.50. The normalized spacial score (nSPS) is 16.0. The molecule has 1 fully saturated rings. The van der Waals surface area contributed by atoms with Gasteiger partial charge < -0.3 is 10.3 Å². The molecule has 1 heterocycles. The quantitative estimate of drug-likeness (QED) is 0.531. The molecule has 0 radical (unpaired) electrons. The monoisotopic (exact) mass is 287 g/mol. The first-order valence-corrected chi connectivity index (χ1v) is 7.10. The molecule has 1 aromatic carbocycles. The fourth-order valence-electron chi connectivity index (χ4n) is 2.91. The highest BCUT2D eigenvalue weighted by molar-refractivity contribution is 5.74. The number of hydrogen-bond donors (Lipinski definition) is 1. The van der Waals surface area contributed by atoms with Crippen molar-refractivity contribution in [3.8, 4) is 11.4 Å². The number of hydrogen-bond acceptors (Lipinski definition) is 5. The standard InChI is InChI=1S/C14H17N5O2/c15-13-7-6-11(19(20)21)8-12(13)14-17-16-9-18(14)10-4-2-1-3-5-10/h6-10H,1-5,15H2. The lowest BCUT2D eigenvalue weighted by Gasteiger charge is -2.24. The second-order valence-corrected chi connectivity index (χ2v) is 5.38. The molecule has 0 atom stereocenters. The molecule has 7 nitrogen and oxygen atoms in total. The van der Waals surface area contributed by atoms with Crippen molar-refractivity contribution in [1.29, 1.82) is 0 Å². The van der Waals surface area contributed by atoms with Crippen LogP contribution in [0.25, 0.3) is 11.4 Å². The van der Waals surface area contributed by atoms with Crippen molar-refractivity contribution in [3.05, 3.63) is 34.6 Å². The van der Waals surface area contributed by atoms with E-state index >= 15 is 0 Å². The second-order valence-electron chi connectivity index (χ2n) is 5.38. The third-order valence-corrected chi connectivity index (χ3v) is 4.03. The Morgan fingerprint density at radius 3 is 2.76 bits per heavy atom. The molecule has 110 valence electrons. The average molecular weight is 287 g/mol. The van der Waals surface area contributed by atoms with Crippen molar-refractivity contribution in [2.45, 2.75) is 38.1 Å². The van der Waals surface area contributed by atoms with Crippen molar-refractivity contribution in [3.63, 3.8) is 0 Å². The van der Waals surface area contributed by atoms with Crippen molar-refractivity contribution in [1.82, 2.24) is 14.8 Å². The predicted molar refractivity (Wildman–Crippen MR) is 78.6 cm³/mol. The minimum absolute atomic E-state index is 0.0115. The first-order chi connectivity index (χ1) is 10.2. The summed E-state index contributed by atoms with van der Waals surface area (Å²) >= 11 is 0. The fourth-order valence-corrected chi connectivity index (χ4v) is 2.91. The highest BCUT2D eigenvalue weighted by atomic mass is 16.6. The summed E-state index contributed by atoms with van der Waals surface area (Å²) < 4.78 is 2.01. The van der Waals surface area contributed by atoms with Crippen LogP contribution in [0.15, 0.2) is 24.5 Å².